The van der Waals surface area contributed by atoms with Crippen molar-refractivity contribution in [3.8, 4) is 11.5 Å². The molecule has 1 atom stereocenters. The molecule has 1 aliphatic rings. The lowest BCUT2D eigenvalue weighted by Crippen LogP contribution is -2.39. The average Bonchev–Trinajstić information content (AvgIpc) is 3.33. The van der Waals surface area contributed by atoms with Crippen LogP contribution in [0.25, 0.3) is 0 Å². The second kappa shape index (κ2) is 10.6. The first kappa shape index (κ1) is 24.8. The molecule has 9 heteroatoms. The van der Waals surface area contributed by atoms with Crippen LogP contribution in [0, 0.1) is 11.6 Å². The Balaban J connectivity index is 1.67. The Morgan fingerprint density at radius 3 is 2.50 bits per heavy atom. The fourth-order valence-electron chi connectivity index (χ4n) is 4.13. The van der Waals surface area contributed by atoms with Gasteiger partial charge in [-0.1, -0.05) is 24.3 Å². The van der Waals surface area contributed by atoms with E-state index in [-0.39, 0.29) is 24.1 Å². The summed E-state index contributed by atoms with van der Waals surface area (Å²) in [4.78, 5) is 27.4. The number of hydrogen-bond acceptors (Lipinski definition) is 5. The van der Waals surface area contributed by atoms with Gasteiger partial charge >= 0.3 is 0 Å². The molecule has 36 heavy (non-hydrogen) atoms. The van der Waals surface area contributed by atoms with Crippen LogP contribution in [-0.4, -0.2) is 55.2 Å². The molecule has 0 aliphatic carbocycles. The molecule has 0 spiro atoms. The minimum absolute atomic E-state index is 0.119. The fourth-order valence-corrected chi connectivity index (χ4v) is 4.13. The maximum atomic E-state index is 14.6. The van der Waals surface area contributed by atoms with Crippen LogP contribution in [0.1, 0.15) is 33.9 Å². The zero-order valence-electron chi connectivity index (χ0n) is 20.1. The molecule has 186 valence electrons. The van der Waals surface area contributed by atoms with E-state index in [1.807, 2.05) is 0 Å². The number of amides is 2. The molecular weight excluding hydrogens is 468 g/mol. The van der Waals surface area contributed by atoms with Crippen molar-refractivity contribution in [3.05, 3.63) is 95.1 Å². The molecule has 4 rings (SSSR count). The zero-order chi connectivity index (χ0) is 25.8. The third-order valence-corrected chi connectivity index (χ3v) is 5.94. The molecule has 0 radical (unpaired) electrons. The quantitative estimate of drug-likeness (QED) is 0.488. The zero-order valence-corrected chi connectivity index (χ0v) is 20.1. The van der Waals surface area contributed by atoms with Crippen molar-refractivity contribution in [2.24, 2.45) is 5.10 Å². The van der Waals surface area contributed by atoms with Crippen molar-refractivity contribution in [2.75, 3.05) is 27.8 Å². The summed E-state index contributed by atoms with van der Waals surface area (Å²) in [6, 6.07) is 16.0. The largest absolute Gasteiger partial charge is 0.497 e. The fraction of sp³-hybridized carbons (Fsp3) is 0.222. The molecule has 0 aromatic heterocycles. The normalized spacial score (nSPS) is 14.9. The summed E-state index contributed by atoms with van der Waals surface area (Å²) in [6.07, 6.45) is 0.220. The number of benzene rings is 3. The van der Waals surface area contributed by atoms with Crippen LogP contribution in [0.15, 0.2) is 71.8 Å². The van der Waals surface area contributed by atoms with E-state index in [2.05, 4.69) is 5.10 Å². The van der Waals surface area contributed by atoms with E-state index in [0.717, 1.165) is 6.07 Å². The summed E-state index contributed by atoms with van der Waals surface area (Å²) in [5.74, 6) is -0.965. The predicted molar refractivity (Wildman–Crippen MR) is 130 cm³/mol. The van der Waals surface area contributed by atoms with E-state index >= 15 is 0 Å². The van der Waals surface area contributed by atoms with Crippen molar-refractivity contribution >= 4 is 17.5 Å². The van der Waals surface area contributed by atoms with Gasteiger partial charge in [0.15, 0.2) is 0 Å². The molecule has 0 fully saturated rings. The molecular formula is C27H25F2N3O4. The molecule has 3 aromatic carbocycles. The standard InChI is InChI=1S/C27H25F2N3O4/c1-31(27(34)17-7-6-8-18(28)13-17)16-26(33)32-24(21-14-19(35-2)11-12-25(21)36-3)15-23(30-32)20-9-4-5-10-22(20)29/h4-14,24H,15-16H2,1-3H3. The Kier molecular flexibility index (Phi) is 7.28. The Morgan fingerprint density at radius 1 is 1.03 bits per heavy atom. The van der Waals surface area contributed by atoms with Crippen LogP contribution in [0.3, 0.4) is 0 Å². The molecule has 1 unspecified atom stereocenters. The third kappa shape index (κ3) is 5.05. The first-order valence-electron chi connectivity index (χ1n) is 11.2. The summed E-state index contributed by atoms with van der Waals surface area (Å²) in [7, 11) is 4.48. The molecule has 0 N–H and O–H groups in total. The topological polar surface area (TPSA) is 71.4 Å². The van der Waals surface area contributed by atoms with Gasteiger partial charge in [0.1, 0.15) is 29.7 Å². The van der Waals surface area contributed by atoms with E-state index in [1.54, 1.807) is 36.4 Å². The van der Waals surface area contributed by atoms with Crippen LogP contribution in [0.2, 0.25) is 0 Å². The molecule has 0 saturated heterocycles. The number of methoxy groups -OCH3 is 2. The molecule has 1 aliphatic heterocycles. The lowest BCUT2D eigenvalue weighted by atomic mass is 9.97. The summed E-state index contributed by atoms with van der Waals surface area (Å²) in [5, 5.41) is 5.72. The highest BCUT2D eigenvalue weighted by Gasteiger charge is 2.36. The molecule has 2 amide bonds. The van der Waals surface area contributed by atoms with Crippen LogP contribution in [-0.2, 0) is 4.79 Å². The molecule has 0 bridgehead atoms. The summed E-state index contributed by atoms with van der Waals surface area (Å²) in [5.41, 5.74) is 1.41. The lowest BCUT2D eigenvalue weighted by molar-refractivity contribution is -0.133. The number of likely N-dealkylation sites (N-methyl/N-ethyl adjacent to an activating group) is 1. The number of nitrogens with zero attached hydrogens (tertiary/aromatic N) is 3. The van der Waals surface area contributed by atoms with Gasteiger partial charge in [0.2, 0.25) is 0 Å². The van der Waals surface area contributed by atoms with Gasteiger partial charge in [0, 0.05) is 30.2 Å². The second-order valence-corrected chi connectivity index (χ2v) is 8.26. The van der Waals surface area contributed by atoms with Crippen molar-refractivity contribution in [1.82, 2.24) is 9.91 Å². The highest BCUT2D eigenvalue weighted by atomic mass is 19.1. The van der Waals surface area contributed by atoms with Crippen molar-refractivity contribution in [2.45, 2.75) is 12.5 Å². The number of carbonyl (C=O) groups excluding carboxylic acids is 2. The Bertz CT molecular complexity index is 1330. The van der Waals surface area contributed by atoms with Crippen LogP contribution >= 0.6 is 0 Å². The van der Waals surface area contributed by atoms with Gasteiger partial charge in [-0.05, 0) is 42.5 Å². The SMILES string of the molecule is COc1ccc(OC)c(C2CC(c3ccccc3F)=NN2C(=O)CN(C)C(=O)c2cccc(F)c2)c1. The van der Waals surface area contributed by atoms with Gasteiger partial charge in [-0.2, -0.15) is 5.10 Å². The van der Waals surface area contributed by atoms with Gasteiger partial charge in [-0.25, -0.2) is 13.8 Å². The highest BCUT2D eigenvalue weighted by molar-refractivity contribution is 6.04. The van der Waals surface area contributed by atoms with Crippen LogP contribution < -0.4 is 9.47 Å². The van der Waals surface area contributed by atoms with Gasteiger partial charge < -0.3 is 14.4 Å². The van der Waals surface area contributed by atoms with Crippen molar-refractivity contribution < 1.29 is 27.8 Å². The van der Waals surface area contributed by atoms with E-state index in [9.17, 15) is 18.4 Å². The van der Waals surface area contributed by atoms with Gasteiger partial charge in [-0.3, -0.25) is 9.59 Å². The molecule has 7 nitrogen and oxygen atoms in total. The maximum Gasteiger partial charge on any atom is 0.262 e. The molecule has 0 saturated carbocycles. The van der Waals surface area contributed by atoms with Crippen LogP contribution in [0.4, 0.5) is 8.78 Å². The minimum atomic E-state index is -0.630. The van der Waals surface area contributed by atoms with Gasteiger partial charge in [0.05, 0.1) is 26.0 Å². The third-order valence-electron chi connectivity index (χ3n) is 5.94. The number of halogens is 2. The van der Waals surface area contributed by atoms with E-state index < -0.39 is 29.5 Å². The monoisotopic (exact) mass is 493 g/mol. The number of ether oxygens (including phenoxy) is 2. The van der Waals surface area contributed by atoms with Crippen molar-refractivity contribution in [1.29, 1.82) is 0 Å². The first-order chi connectivity index (χ1) is 17.3. The minimum Gasteiger partial charge on any atom is -0.497 e. The number of hydrogen-bond donors (Lipinski definition) is 0. The predicted octanol–water partition coefficient (Wildman–Crippen LogP) is 4.43. The van der Waals surface area contributed by atoms with Crippen LogP contribution in [0.5, 0.6) is 11.5 Å². The summed E-state index contributed by atoms with van der Waals surface area (Å²) in [6.45, 7) is -0.327. The molecule has 1 heterocycles. The number of hydrazone groups is 1. The van der Waals surface area contributed by atoms with Gasteiger partial charge in [0.25, 0.3) is 11.8 Å². The number of carbonyl (C=O) groups is 2. The molecule has 3 aromatic rings. The Hall–Kier alpha value is -4.27. The highest BCUT2D eigenvalue weighted by Crippen LogP contribution is 2.39. The maximum absolute atomic E-state index is 14.6. The van der Waals surface area contributed by atoms with E-state index in [4.69, 9.17) is 9.47 Å². The summed E-state index contributed by atoms with van der Waals surface area (Å²) >= 11 is 0. The number of rotatable bonds is 7. The lowest BCUT2D eigenvalue weighted by Gasteiger charge is -2.26. The smallest absolute Gasteiger partial charge is 0.262 e. The Labute approximate surface area is 207 Å². The Morgan fingerprint density at radius 2 is 1.81 bits per heavy atom. The van der Waals surface area contributed by atoms with Gasteiger partial charge in [-0.15, -0.1) is 0 Å². The second-order valence-electron chi connectivity index (χ2n) is 8.26. The first-order valence-corrected chi connectivity index (χ1v) is 11.2. The van der Waals surface area contributed by atoms with E-state index in [0.29, 0.717) is 22.8 Å². The van der Waals surface area contributed by atoms with Crippen molar-refractivity contribution in [3.63, 3.8) is 0 Å². The summed E-state index contributed by atoms with van der Waals surface area (Å²) < 4.78 is 39.1. The average molecular weight is 494 g/mol. The van der Waals surface area contributed by atoms with E-state index in [1.165, 1.54) is 55.4 Å².